The number of carboxylic acid groups (broad SMARTS) is 1. The molecule has 3 N–H and O–H groups in total. The summed E-state index contributed by atoms with van der Waals surface area (Å²) in [6, 6.07) is 6.62. The number of hydrogen-bond acceptors (Lipinski definition) is 3. The van der Waals surface area contributed by atoms with Crippen molar-refractivity contribution in [2.75, 3.05) is 0 Å². The van der Waals surface area contributed by atoms with E-state index in [4.69, 9.17) is 10.5 Å². The Hall–Kier alpha value is -2.04. The van der Waals surface area contributed by atoms with Crippen LogP contribution in [0.15, 0.2) is 29.3 Å². The van der Waals surface area contributed by atoms with Crippen LogP contribution < -0.4 is 5.73 Å². The number of nitrogens with zero attached hydrogens (tertiary/aromatic N) is 1. The zero-order valence-corrected chi connectivity index (χ0v) is 12.4. The van der Waals surface area contributed by atoms with E-state index in [-0.39, 0.29) is 12.4 Å². The minimum absolute atomic E-state index is 0.0995. The highest BCUT2D eigenvalue weighted by atomic mass is 16.5. The number of aliphatic carboxylic acids is 1. The van der Waals surface area contributed by atoms with Crippen LogP contribution in [0.25, 0.3) is 0 Å². The fourth-order valence-corrected chi connectivity index (χ4v) is 1.74. The molecule has 110 valence electrons. The van der Waals surface area contributed by atoms with Crippen LogP contribution in [0.5, 0.6) is 0 Å². The van der Waals surface area contributed by atoms with Crippen LogP contribution in [0.3, 0.4) is 0 Å². The summed E-state index contributed by atoms with van der Waals surface area (Å²) in [4.78, 5) is 15.2. The molecule has 5 nitrogen and oxygen atoms in total. The number of amidine groups is 1. The first-order valence-corrected chi connectivity index (χ1v) is 6.48. The van der Waals surface area contributed by atoms with Crippen molar-refractivity contribution < 1.29 is 14.6 Å². The number of hydrogen-bond donors (Lipinski definition) is 2. The van der Waals surface area contributed by atoms with E-state index in [0.717, 1.165) is 11.1 Å². The molecule has 0 aromatic heterocycles. The predicted molar refractivity (Wildman–Crippen MR) is 78.8 cm³/mol. The largest absolute Gasteiger partial charge is 0.480 e. The van der Waals surface area contributed by atoms with Crippen molar-refractivity contribution in [3.63, 3.8) is 0 Å². The second-order valence-electron chi connectivity index (χ2n) is 5.73. The highest BCUT2D eigenvalue weighted by Gasteiger charge is 2.20. The maximum atomic E-state index is 11.3. The lowest BCUT2D eigenvalue weighted by Gasteiger charge is -2.20. The van der Waals surface area contributed by atoms with E-state index < -0.39 is 17.6 Å². The summed E-state index contributed by atoms with van der Waals surface area (Å²) < 4.78 is 5.34. The van der Waals surface area contributed by atoms with E-state index in [2.05, 4.69) is 4.99 Å². The minimum Gasteiger partial charge on any atom is -0.480 e. The number of ether oxygens (including phenoxy) is 1. The van der Waals surface area contributed by atoms with E-state index in [0.29, 0.717) is 0 Å². The standard InChI is InChI=1S/C15H22N2O3/c1-10-6-5-7-11(8-10)9-12(13(18)19)17-14(16)20-15(2,3)4/h5-8,12H,9H2,1-4H3,(H2,16,17)(H,18,19)/t12-/m0/s1. The molecule has 20 heavy (non-hydrogen) atoms. The van der Waals surface area contributed by atoms with Crippen molar-refractivity contribution in [3.05, 3.63) is 35.4 Å². The van der Waals surface area contributed by atoms with E-state index in [9.17, 15) is 9.90 Å². The molecule has 0 heterocycles. The molecule has 0 aliphatic rings. The molecule has 0 aliphatic heterocycles. The number of carbonyl (C=O) groups is 1. The Bertz CT molecular complexity index is 504. The van der Waals surface area contributed by atoms with E-state index in [1.165, 1.54) is 0 Å². The maximum Gasteiger partial charge on any atom is 0.328 e. The van der Waals surface area contributed by atoms with Gasteiger partial charge in [-0.25, -0.2) is 9.79 Å². The monoisotopic (exact) mass is 278 g/mol. The normalized spacial score (nSPS) is 13.9. The molecule has 0 amide bonds. The van der Waals surface area contributed by atoms with Crippen molar-refractivity contribution in [1.29, 1.82) is 0 Å². The van der Waals surface area contributed by atoms with Crippen LogP contribution in [0, 0.1) is 6.92 Å². The Morgan fingerprint density at radius 1 is 1.45 bits per heavy atom. The zero-order valence-electron chi connectivity index (χ0n) is 12.4. The molecule has 0 unspecified atom stereocenters. The van der Waals surface area contributed by atoms with Gasteiger partial charge in [0.25, 0.3) is 6.02 Å². The predicted octanol–water partition coefficient (Wildman–Crippen LogP) is 2.12. The summed E-state index contributed by atoms with van der Waals surface area (Å²) in [6.45, 7) is 7.43. The second kappa shape index (κ2) is 6.41. The molecular formula is C15H22N2O3. The van der Waals surface area contributed by atoms with Gasteiger partial charge in [-0.1, -0.05) is 29.8 Å². The lowest BCUT2D eigenvalue weighted by Crippen LogP contribution is -2.32. The fraction of sp³-hybridized carbons (Fsp3) is 0.467. The van der Waals surface area contributed by atoms with Crippen LogP contribution in [-0.4, -0.2) is 28.7 Å². The Morgan fingerprint density at radius 3 is 2.60 bits per heavy atom. The summed E-state index contributed by atoms with van der Waals surface area (Å²) in [5, 5.41) is 9.23. The Morgan fingerprint density at radius 2 is 2.10 bits per heavy atom. The van der Waals surface area contributed by atoms with Crippen LogP contribution >= 0.6 is 0 Å². The lowest BCUT2D eigenvalue weighted by molar-refractivity contribution is -0.138. The minimum atomic E-state index is -1.02. The molecule has 0 saturated heterocycles. The van der Waals surface area contributed by atoms with Crippen LogP contribution in [0.1, 0.15) is 31.9 Å². The average molecular weight is 278 g/mol. The van der Waals surface area contributed by atoms with Crippen LogP contribution in [-0.2, 0) is 16.0 Å². The summed E-state index contributed by atoms with van der Waals surface area (Å²) in [5.41, 5.74) is 7.13. The first kappa shape index (κ1) is 16.0. The third-order valence-corrected chi connectivity index (χ3v) is 2.49. The van der Waals surface area contributed by atoms with Crippen molar-refractivity contribution >= 4 is 12.0 Å². The van der Waals surface area contributed by atoms with Crippen molar-refractivity contribution in [2.45, 2.75) is 45.8 Å². The van der Waals surface area contributed by atoms with Gasteiger partial charge in [0.2, 0.25) is 0 Å². The average Bonchev–Trinajstić information content (AvgIpc) is 2.25. The lowest BCUT2D eigenvalue weighted by atomic mass is 10.0. The number of nitrogens with two attached hydrogens (primary N) is 1. The van der Waals surface area contributed by atoms with Gasteiger partial charge in [0.05, 0.1) is 0 Å². The second-order valence-corrected chi connectivity index (χ2v) is 5.73. The summed E-state index contributed by atoms with van der Waals surface area (Å²) in [7, 11) is 0. The van der Waals surface area contributed by atoms with Crippen molar-refractivity contribution in [2.24, 2.45) is 10.7 Å². The van der Waals surface area contributed by atoms with Gasteiger partial charge in [0.15, 0.2) is 6.04 Å². The van der Waals surface area contributed by atoms with E-state index in [1.54, 1.807) is 0 Å². The molecule has 0 radical (unpaired) electrons. The molecule has 0 spiro atoms. The van der Waals surface area contributed by atoms with Gasteiger partial charge >= 0.3 is 5.97 Å². The number of aliphatic imine (C=N–C) groups is 1. The van der Waals surface area contributed by atoms with Crippen LogP contribution in [0.4, 0.5) is 0 Å². The van der Waals surface area contributed by atoms with Crippen molar-refractivity contribution in [1.82, 2.24) is 0 Å². The fourth-order valence-electron chi connectivity index (χ4n) is 1.74. The zero-order chi connectivity index (χ0) is 15.3. The van der Waals surface area contributed by atoms with E-state index >= 15 is 0 Å². The first-order valence-electron chi connectivity index (χ1n) is 6.48. The SMILES string of the molecule is Cc1cccc(C[C@H](N=C(N)OC(C)(C)C)C(=O)O)c1. The molecule has 1 rings (SSSR count). The first-order chi connectivity index (χ1) is 9.17. The molecule has 0 aliphatic carbocycles. The smallest absolute Gasteiger partial charge is 0.328 e. The van der Waals surface area contributed by atoms with E-state index in [1.807, 2.05) is 52.0 Å². The van der Waals surface area contributed by atoms with Gasteiger partial charge in [-0.15, -0.1) is 0 Å². The van der Waals surface area contributed by atoms with Gasteiger partial charge in [0.1, 0.15) is 5.60 Å². The number of rotatable bonds is 4. The van der Waals surface area contributed by atoms with Gasteiger partial charge in [-0.05, 0) is 33.3 Å². The molecule has 1 aromatic carbocycles. The number of benzene rings is 1. The Kier molecular flexibility index (Phi) is 5.13. The molecule has 0 bridgehead atoms. The molecule has 0 saturated carbocycles. The maximum absolute atomic E-state index is 11.3. The summed E-state index contributed by atoms with van der Waals surface area (Å²) in [5.74, 6) is -1.02. The topological polar surface area (TPSA) is 84.9 Å². The Labute approximate surface area is 119 Å². The molecule has 1 atom stereocenters. The van der Waals surface area contributed by atoms with Gasteiger partial charge in [-0.3, -0.25) is 0 Å². The van der Waals surface area contributed by atoms with Crippen molar-refractivity contribution in [3.8, 4) is 0 Å². The highest BCUT2D eigenvalue weighted by molar-refractivity contribution is 5.80. The number of carboxylic acids is 1. The molecule has 1 aromatic rings. The third-order valence-electron chi connectivity index (χ3n) is 2.49. The Balaban J connectivity index is 2.85. The highest BCUT2D eigenvalue weighted by Crippen LogP contribution is 2.11. The molecule has 0 fully saturated rings. The molecule has 5 heteroatoms. The number of aryl methyl sites for hydroxylation is 1. The van der Waals surface area contributed by atoms with Gasteiger partial charge in [-0.2, -0.15) is 0 Å². The summed E-state index contributed by atoms with van der Waals surface area (Å²) >= 11 is 0. The van der Waals surface area contributed by atoms with Crippen LogP contribution in [0.2, 0.25) is 0 Å². The summed E-state index contributed by atoms with van der Waals surface area (Å²) in [6.07, 6.45) is 0.283. The van der Waals surface area contributed by atoms with Gasteiger partial charge in [0, 0.05) is 6.42 Å². The van der Waals surface area contributed by atoms with Gasteiger partial charge < -0.3 is 15.6 Å². The third kappa shape index (κ3) is 5.73. The molecular weight excluding hydrogens is 256 g/mol. The quantitative estimate of drug-likeness (QED) is 0.652.